The Balaban J connectivity index is 2.27. The zero-order valence-corrected chi connectivity index (χ0v) is 11.0. The molecule has 0 radical (unpaired) electrons. The normalized spacial score (nSPS) is 10.0. The van der Waals surface area contributed by atoms with Crippen LogP contribution in [0.4, 0.5) is 23.0 Å². The molecule has 17 heavy (non-hydrogen) atoms. The van der Waals surface area contributed by atoms with Crippen LogP contribution < -0.4 is 22.3 Å². The van der Waals surface area contributed by atoms with Gasteiger partial charge in [-0.15, -0.1) is 0 Å². The molecular weight excluding hydrogens is 331 g/mol. The second kappa shape index (κ2) is 5.15. The lowest BCUT2D eigenvalue weighted by atomic mass is 10.3. The number of hydrazine groups is 1. The molecule has 2 aromatic rings. The standard InChI is InChI=1S/C10H11IN6/c11-6-1-3-7(4-2-6)16-9-8(12)10(17-13)15-5-14-9/h1-5H,12-13H2,(H2,14,15,16,17). The van der Waals surface area contributed by atoms with Gasteiger partial charge in [-0.3, -0.25) is 0 Å². The summed E-state index contributed by atoms with van der Waals surface area (Å²) in [6.45, 7) is 0. The first-order valence-corrected chi connectivity index (χ1v) is 5.88. The summed E-state index contributed by atoms with van der Waals surface area (Å²) >= 11 is 2.24. The number of nitrogen functional groups attached to an aromatic ring is 2. The largest absolute Gasteiger partial charge is 0.393 e. The Labute approximate surface area is 112 Å². The second-order valence-electron chi connectivity index (χ2n) is 3.26. The highest BCUT2D eigenvalue weighted by molar-refractivity contribution is 14.1. The summed E-state index contributed by atoms with van der Waals surface area (Å²) in [4.78, 5) is 7.96. The van der Waals surface area contributed by atoms with Gasteiger partial charge in [-0.2, -0.15) is 0 Å². The van der Waals surface area contributed by atoms with Gasteiger partial charge in [0.2, 0.25) is 0 Å². The van der Waals surface area contributed by atoms with Gasteiger partial charge >= 0.3 is 0 Å². The van der Waals surface area contributed by atoms with Crippen molar-refractivity contribution in [3.8, 4) is 0 Å². The van der Waals surface area contributed by atoms with E-state index in [4.69, 9.17) is 11.6 Å². The predicted molar refractivity (Wildman–Crippen MR) is 76.7 cm³/mol. The Morgan fingerprint density at radius 2 is 1.71 bits per heavy atom. The Kier molecular flexibility index (Phi) is 3.59. The summed E-state index contributed by atoms with van der Waals surface area (Å²) in [7, 11) is 0. The number of anilines is 4. The number of nitrogens with two attached hydrogens (primary N) is 2. The van der Waals surface area contributed by atoms with Gasteiger partial charge in [-0.05, 0) is 46.9 Å². The third kappa shape index (κ3) is 2.74. The lowest BCUT2D eigenvalue weighted by Crippen LogP contribution is -2.12. The van der Waals surface area contributed by atoms with Crippen molar-refractivity contribution in [3.63, 3.8) is 0 Å². The van der Waals surface area contributed by atoms with Gasteiger partial charge in [0.25, 0.3) is 0 Å². The topological polar surface area (TPSA) is 102 Å². The Morgan fingerprint density at radius 1 is 1.06 bits per heavy atom. The molecule has 1 heterocycles. The minimum absolute atomic E-state index is 0.383. The zero-order valence-electron chi connectivity index (χ0n) is 8.81. The third-order valence-electron chi connectivity index (χ3n) is 2.13. The van der Waals surface area contributed by atoms with E-state index in [1.54, 1.807) is 0 Å². The monoisotopic (exact) mass is 342 g/mol. The molecule has 0 bridgehead atoms. The Hall–Kier alpha value is -1.61. The predicted octanol–water partition coefficient (Wildman–Crippen LogP) is 1.69. The SMILES string of the molecule is NNc1ncnc(Nc2ccc(I)cc2)c1N. The highest BCUT2D eigenvalue weighted by Gasteiger charge is 2.06. The summed E-state index contributed by atoms with van der Waals surface area (Å²) in [6.07, 6.45) is 1.39. The molecule has 1 aromatic carbocycles. The first-order chi connectivity index (χ1) is 8.20. The number of hydrogen-bond acceptors (Lipinski definition) is 6. The van der Waals surface area contributed by atoms with Crippen molar-refractivity contribution in [3.05, 3.63) is 34.2 Å². The molecule has 0 unspecified atom stereocenters. The summed E-state index contributed by atoms with van der Waals surface area (Å²) in [5.41, 5.74) is 9.54. The average Bonchev–Trinajstić information content (AvgIpc) is 2.35. The van der Waals surface area contributed by atoms with E-state index in [2.05, 4.69) is 43.3 Å². The maximum atomic E-state index is 5.84. The van der Waals surface area contributed by atoms with E-state index in [1.165, 1.54) is 6.33 Å². The first-order valence-electron chi connectivity index (χ1n) is 4.80. The highest BCUT2D eigenvalue weighted by Crippen LogP contribution is 2.25. The fourth-order valence-electron chi connectivity index (χ4n) is 1.28. The lowest BCUT2D eigenvalue weighted by molar-refractivity contribution is 1.14. The van der Waals surface area contributed by atoms with E-state index >= 15 is 0 Å². The van der Waals surface area contributed by atoms with Gasteiger partial charge in [0.15, 0.2) is 11.6 Å². The molecule has 0 atom stereocenters. The molecule has 0 fully saturated rings. The van der Waals surface area contributed by atoms with Crippen molar-refractivity contribution in [2.75, 3.05) is 16.5 Å². The Morgan fingerprint density at radius 3 is 2.35 bits per heavy atom. The summed E-state index contributed by atoms with van der Waals surface area (Å²) in [5, 5.41) is 3.10. The van der Waals surface area contributed by atoms with Crippen molar-refractivity contribution in [2.24, 2.45) is 5.84 Å². The van der Waals surface area contributed by atoms with E-state index in [1.807, 2.05) is 24.3 Å². The molecule has 2 rings (SSSR count). The fourth-order valence-corrected chi connectivity index (χ4v) is 1.64. The molecular formula is C10H11IN6. The fraction of sp³-hybridized carbons (Fsp3) is 0. The molecule has 1 aromatic heterocycles. The van der Waals surface area contributed by atoms with Crippen LogP contribution in [0, 0.1) is 3.57 Å². The molecule has 0 amide bonds. The van der Waals surface area contributed by atoms with Crippen LogP contribution in [0.15, 0.2) is 30.6 Å². The van der Waals surface area contributed by atoms with Gasteiger partial charge in [0, 0.05) is 9.26 Å². The summed E-state index contributed by atoms with van der Waals surface area (Å²) in [6, 6.07) is 7.86. The quantitative estimate of drug-likeness (QED) is 0.385. The van der Waals surface area contributed by atoms with Crippen LogP contribution in [0.2, 0.25) is 0 Å². The van der Waals surface area contributed by atoms with Crippen LogP contribution in [0.5, 0.6) is 0 Å². The maximum absolute atomic E-state index is 5.84. The molecule has 6 nitrogen and oxygen atoms in total. The maximum Gasteiger partial charge on any atom is 0.168 e. The number of halogens is 1. The van der Waals surface area contributed by atoms with Crippen LogP contribution in [0.3, 0.4) is 0 Å². The van der Waals surface area contributed by atoms with Crippen molar-refractivity contribution in [1.29, 1.82) is 0 Å². The van der Waals surface area contributed by atoms with Crippen LogP contribution in [-0.4, -0.2) is 9.97 Å². The number of hydrogen-bond donors (Lipinski definition) is 4. The minimum atomic E-state index is 0.383. The van der Waals surface area contributed by atoms with E-state index in [9.17, 15) is 0 Å². The molecule has 0 saturated carbocycles. The molecule has 6 N–H and O–H groups in total. The number of benzene rings is 1. The minimum Gasteiger partial charge on any atom is -0.393 e. The van der Waals surface area contributed by atoms with E-state index in [-0.39, 0.29) is 0 Å². The van der Waals surface area contributed by atoms with Gasteiger partial charge in [-0.25, -0.2) is 15.8 Å². The van der Waals surface area contributed by atoms with E-state index in [0.717, 1.165) is 9.26 Å². The molecule has 0 spiro atoms. The van der Waals surface area contributed by atoms with Crippen molar-refractivity contribution < 1.29 is 0 Å². The molecule has 0 aliphatic heterocycles. The van der Waals surface area contributed by atoms with Crippen LogP contribution in [0.1, 0.15) is 0 Å². The number of nitrogens with zero attached hydrogens (tertiary/aromatic N) is 2. The van der Waals surface area contributed by atoms with E-state index in [0.29, 0.717) is 17.3 Å². The summed E-state index contributed by atoms with van der Waals surface area (Å²) < 4.78 is 1.16. The Bertz CT molecular complexity index is 513. The van der Waals surface area contributed by atoms with Crippen LogP contribution in [0.25, 0.3) is 0 Å². The highest BCUT2D eigenvalue weighted by atomic mass is 127. The third-order valence-corrected chi connectivity index (χ3v) is 2.85. The first kappa shape index (κ1) is 11.9. The van der Waals surface area contributed by atoms with Gasteiger partial charge in [0.1, 0.15) is 12.0 Å². The van der Waals surface area contributed by atoms with Crippen molar-refractivity contribution in [1.82, 2.24) is 9.97 Å². The molecule has 0 aliphatic rings. The van der Waals surface area contributed by atoms with Gasteiger partial charge in [0.05, 0.1) is 0 Å². The van der Waals surface area contributed by atoms with Crippen molar-refractivity contribution in [2.45, 2.75) is 0 Å². The van der Waals surface area contributed by atoms with Crippen LogP contribution >= 0.6 is 22.6 Å². The number of nitrogens with one attached hydrogen (secondary N) is 2. The second-order valence-corrected chi connectivity index (χ2v) is 4.51. The number of rotatable bonds is 3. The molecule has 0 aliphatic carbocycles. The number of aromatic nitrogens is 2. The smallest absolute Gasteiger partial charge is 0.168 e. The van der Waals surface area contributed by atoms with Crippen LogP contribution in [-0.2, 0) is 0 Å². The average molecular weight is 342 g/mol. The van der Waals surface area contributed by atoms with Crippen molar-refractivity contribution >= 4 is 45.6 Å². The molecule has 7 heteroatoms. The van der Waals surface area contributed by atoms with Gasteiger partial charge in [-0.1, -0.05) is 0 Å². The van der Waals surface area contributed by atoms with Gasteiger partial charge < -0.3 is 16.5 Å². The zero-order chi connectivity index (χ0) is 12.3. The van der Waals surface area contributed by atoms with E-state index < -0.39 is 0 Å². The summed E-state index contributed by atoms with van der Waals surface area (Å²) in [5.74, 6) is 6.20. The lowest BCUT2D eigenvalue weighted by Gasteiger charge is -2.10. The molecule has 0 saturated heterocycles. The molecule has 88 valence electrons.